The zero-order valence-electron chi connectivity index (χ0n) is 31.0. The van der Waals surface area contributed by atoms with Crippen molar-refractivity contribution < 1.29 is 0 Å². The fourth-order valence-electron chi connectivity index (χ4n) is 9.57. The maximum Gasteiger partial charge on any atom is 0.262 e. The summed E-state index contributed by atoms with van der Waals surface area (Å²) >= 11 is 0. The molecule has 0 radical (unpaired) electrons. The number of hydrogen-bond acceptors (Lipinski definition) is 2. The van der Waals surface area contributed by atoms with Crippen LogP contribution in [-0.4, -0.2) is 4.57 Å². The summed E-state index contributed by atoms with van der Waals surface area (Å²) in [5.41, 5.74) is 6.63. The SMILES string of the molecule is CCCC(CC)n1c(=O)c2c3cc(-c4ccccc4C(C)(C)C)c4ccc5ccc6c(-c7ccccc7C(C)(C)C)cc(c2c1=O)c1c6c5c4c31. The van der Waals surface area contributed by atoms with E-state index in [1.54, 1.807) is 4.57 Å². The Balaban J connectivity index is 1.58. The Morgan fingerprint density at radius 3 is 1.35 bits per heavy atom. The first kappa shape index (κ1) is 31.9. The molecule has 0 saturated heterocycles. The van der Waals surface area contributed by atoms with E-state index in [0.717, 1.165) is 51.9 Å². The van der Waals surface area contributed by atoms with Crippen molar-refractivity contribution in [2.75, 3.05) is 0 Å². The summed E-state index contributed by atoms with van der Waals surface area (Å²) in [6, 6.07) is 30.9. The van der Waals surface area contributed by atoms with Gasteiger partial charge in [0, 0.05) is 6.04 Å². The van der Waals surface area contributed by atoms with Crippen LogP contribution in [0.1, 0.15) is 91.8 Å². The van der Waals surface area contributed by atoms with Crippen LogP contribution < -0.4 is 11.1 Å². The highest BCUT2D eigenvalue weighted by Gasteiger charge is 2.32. The molecule has 9 rings (SSSR count). The van der Waals surface area contributed by atoms with Crippen LogP contribution in [0.25, 0.3) is 86.9 Å². The van der Waals surface area contributed by atoms with E-state index in [1.807, 2.05) is 0 Å². The van der Waals surface area contributed by atoms with E-state index < -0.39 is 0 Å². The van der Waals surface area contributed by atoms with E-state index in [-0.39, 0.29) is 28.0 Å². The van der Waals surface area contributed by atoms with Crippen LogP contribution in [0.5, 0.6) is 0 Å². The van der Waals surface area contributed by atoms with Gasteiger partial charge >= 0.3 is 0 Å². The Morgan fingerprint density at radius 1 is 0.510 bits per heavy atom. The smallest absolute Gasteiger partial charge is 0.262 e. The Bertz CT molecular complexity index is 2730. The molecule has 0 amide bonds. The van der Waals surface area contributed by atoms with E-state index in [1.165, 1.54) is 54.6 Å². The number of rotatable bonds is 6. The first-order valence-corrected chi connectivity index (χ1v) is 18.7. The van der Waals surface area contributed by atoms with Crippen LogP contribution in [0.15, 0.2) is 94.5 Å². The van der Waals surface area contributed by atoms with Crippen molar-refractivity contribution in [2.24, 2.45) is 0 Å². The zero-order valence-corrected chi connectivity index (χ0v) is 31.0. The lowest BCUT2D eigenvalue weighted by molar-refractivity contribution is 0.433. The number of benzene rings is 7. The van der Waals surface area contributed by atoms with Gasteiger partial charge in [-0.25, -0.2) is 0 Å². The molecule has 0 spiro atoms. The molecule has 8 aromatic carbocycles. The molecule has 0 saturated carbocycles. The average molecular weight is 668 g/mol. The Morgan fingerprint density at radius 2 is 0.941 bits per heavy atom. The second-order valence-corrected chi connectivity index (χ2v) is 16.9. The van der Waals surface area contributed by atoms with Gasteiger partial charge in [0.1, 0.15) is 0 Å². The third-order valence-corrected chi connectivity index (χ3v) is 11.8. The van der Waals surface area contributed by atoms with Crippen molar-refractivity contribution in [3.63, 3.8) is 0 Å². The number of fused-ring (bicyclic) bond motifs is 3. The van der Waals surface area contributed by atoms with Crippen molar-refractivity contribution in [1.29, 1.82) is 0 Å². The third kappa shape index (κ3) is 4.24. The van der Waals surface area contributed by atoms with E-state index in [9.17, 15) is 9.59 Å². The molecule has 1 heterocycles. The van der Waals surface area contributed by atoms with Gasteiger partial charge in [0.15, 0.2) is 0 Å². The highest BCUT2D eigenvalue weighted by atomic mass is 16.2. The Kier molecular flexibility index (Phi) is 6.73. The quantitative estimate of drug-likeness (QED) is 0.166. The fraction of sp³-hybridized carbons (Fsp3) is 0.292. The summed E-state index contributed by atoms with van der Waals surface area (Å²) in [6.45, 7) is 17.8. The summed E-state index contributed by atoms with van der Waals surface area (Å²) in [5, 5.41) is 12.4. The van der Waals surface area contributed by atoms with Gasteiger partial charge in [-0.15, -0.1) is 0 Å². The van der Waals surface area contributed by atoms with Gasteiger partial charge < -0.3 is 0 Å². The van der Waals surface area contributed by atoms with Crippen molar-refractivity contribution in [1.82, 2.24) is 4.57 Å². The Labute approximate surface area is 298 Å². The molecule has 0 aliphatic carbocycles. The molecule has 1 unspecified atom stereocenters. The standard InChI is InChI=1S/C48H45NO2/c1-9-15-27(10-2)49-45(50)43-34-24-32(28-16-11-13-18-36(28)47(3,4)5)30-22-20-26-21-23-31-33(29-17-12-14-19-37(29)48(6,7)8)25-35(44(43)46(49)51)42-40(31)38(26)39(30)41(34)42/h11-14,16-25,27H,9-10,15H2,1-8H3. The topological polar surface area (TPSA) is 39.1 Å². The second-order valence-electron chi connectivity index (χ2n) is 16.9. The Hall–Kier alpha value is -5.02. The highest BCUT2D eigenvalue weighted by Crippen LogP contribution is 2.54. The molecule has 1 aromatic heterocycles. The summed E-state index contributed by atoms with van der Waals surface area (Å²) < 4.78 is 1.61. The highest BCUT2D eigenvalue weighted by molar-refractivity contribution is 6.50. The number of nitrogens with zero attached hydrogens (tertiary/aromatic N) is 1. The van der Waals surface area contributed by atoms with Crippen molar-refractivity contribution in [2.45, 2.75) is 91.5 Å². The zero-order chi connectivity index (χ0) is 35.7. The van der Waals surface area contributed by atoms with Crippen molar-refractivity contribution in [3.05, 3.63) is 117 Å². The molecule has 9 aromatic rings. The predicted molar refractivity (Wildman–Crippen MR) is 219 cm³/mol. The lowest BCUT2D eigenvalue weighted by atomic mass is 9.80. The summed E-state index contributed by atoms with van der Waals surface area (Å²) in [4.78, 5) is 29.9. The third-order valence-electron chi connectivity index (χ3n) is 11.8. The molecule has 0 N–H and O–H groups in total. The van der Waals surface area contributed by atoms with Crippen LogP contribution >= 0.6 is 0 Å². The summed E-state index contributed by atoms with van der Waals surface area (Å²) in [7, 11) is 0. The minimum absolute atomic E-state index is 0.0938. The van der Waals surface area contributed by atoms with Crippen LogP contribution in [0.3, 0.4) is 0 Å². The molecule has 3 heteroatoms. The molecular formula is C48H45NO2. The van der Waals surface area contributed by atoms with E-state index in [0.29, 0.717) is 10.8 Å². The first-order valence-electron chi connectivity index (χ1n) is 18.7. The molecular weight excluding hydrogens is 623 g/mol. The van der Waals surface area contributed by atoms with Crippen LogP contribution in [0.4, 0.5) is 0 Å². The van der Waals surface area contributed by atoms with Crippen molar-refractivity contribution in [3.8, 4) is 22.3 Å². The van der Waals surface area contributed by atoms with Gasteiger partial charge in [-0.1, -0.05) is 135 Å². The molecule has 0 bridgehead atoms. The van der Waals surface area contributed by atoms with Gasteiger partial charge in [0.25, 0.3) is 11.1 Å². The van der Waals surface area contributed by atoms with E-state index in [4.69, 9.17) is 0 Å². The number of aromatic nitrogens is 1. The normalized spacial score (nSPS) is 13.8. The molecule has 254 valence electrons. The predicted octanol–water partition coefficient (Wildman–Crippen LogP) is 12.6. The lowest BCUT2D eigenvalue weighted by Gasteiger charge is -2.24. The summed E-state index contributed by atoms with van der Waals surface area (Å²) in [6.07, 6.45) is 2.44. The van der Waals surface area contributed by atoms with Gasteiger partial charge in [-0.2, -0.15) is 0 Å². The van der Waals surface area contributed by atoms with Gasteiger partial charge in [0.2, 0.25) is 0 Å². The molecule has 3 nitrogen and oxygen atoms in total. The lowest BCUT2D eigenvalue weighted by Crippen LogP contribution is -2.29. The van der Waals surface area contributed by atoms with Gasteiger partial charge in [-0.3, -0.25) is 14.2 Å². The van der Waals surface area contributed by atoms with Gasteiger partial charge in [-0.05, 0) is 123 Å². The monoisotopic (exact) mass is 667 g/mol. The first-order chi connectivity index (χ1) is 24.4. The maximum absolute atomic E-state index is 14.9. The maximum atomic E-state index is 14.9. The molecule has 1 atom stereocenters. The van der Waals surface area contributed by atoms with Crippen LogP contribution in [0, 0.1) is 0 Å². The van der Waals surface area contributed by atoms with Crippen LogP contribution in [0.2, 0.25) is 0 Å². The largest absolute Gasteiger partial charge is 0.271 e. The second kappa shape index (κ2) is 10.7. The average Bonchev–Trinajstić information content (AvgIpc) is 3.60. The minimum atomic E-state index is -0.147. The van der Waals surface area contributed by atoms with Crippen molar-refractivity contribution >= 4 is 64.6 Å². The summed E-state index contributed by atoms with van der Waals surface area (Å²) in [5.74, 6) is 0. The molecule has 51 heavy (non-hydrogen) atoms. The molecule has 0 aliphatic rings. The van der Waals surface area contributed by atoms with Crippen LogP contribution in [-0.2, 0) is 10.8 Å². The minimum Gasteiger partial charge on any atom is -0.271 e. The molecule has 0 aliphatic heterocycles. The van der Waals surface area contributed by atoms with E-state index in [2.05, 4.69) is 140 Å². The van der Waals surface area contributed by atoms with E-state index >= 15 is 0 Å². The number of hydrogen-bond donors (Lipinski definition) is 0. The fourth-order valence-corrected chi connectivity index (χ4v) is 9.57. The van der Waals surface area contributed by atoms with Gasteiger partial charge in [0.05, 0.1) is 10.8 Å². The molecule has 0 fully saturated rings.